The topological polar surface area (TPSA) is 49.0 Å². The minimum Gasteiger partial charge on any atom is -0.380 e. The average Bonchev–Trinajstić information content (AvgIpc) is 3.14. The fourth-order valence-electron chi connectivity index (χ4n) is 3.63. The Balaban J connectivity index is 1.56. The molecule has 1 saturated heterocycles. The van der Waals surface area contributed by atoms with E-state index in [1.807, 2.05) is 11.3 Å². The van der Waals surface area contributed by atoms with Gasteiger partial charge in [-0.05, 0) is 36.9 Å². The summed E-state index contributed by atoms with van der Waals surface area (Å²) in [5, 5.41) is 8.26. The van der Waals surface area contributed by atoms with E-state index in [-0.39, 0.29) is 0 Å². The number of aromatic nitrogens is 1. The molecule has 3 N–H and O–H groups in total. The van der Waals surface area contributed by atoms with Crippen LogP contribution in [0.15, 0.2) is 29.3 Å². The molecule has 2 heterocycles. The van der Waals surface area contributed by atoms with E-state index in [4.69, 9.17) is 4.98 Å². The van der Waals surface area contributed by atoms with Gasteiger partial charge in [0.2, 0.25) is 0 Å². The van der Waals surface area contributed by atoms with Gasteiger partial charge in [0, 0.05) is 47.9 Å². The lowest BCUT2D eigenvalue weighted by atomic mass is 9.90. The molecule has 1 aliphatic carbocycles. The standard InChI is InChI=1S/C20H28N4S2/c1-2-23-26-18-10-15(24-16-11-21-12-16)8-9-17(18)19-13-22-20(25-19)14-6-4-3-5-7-14/h8-10,13-14,16,21,23-24H,2-7,11-12H2,1H3. The fourth-order valence-corrected chi connectivity index (χ4v) is 5.59. The van der Waals surface area contributed by atoms with Gasteiger partial charge in [-0.2, -0.15) is 0 Å². The highest BCUT2D eigenvalue weighted by atomic mass is 32.2. The van der Waals surface area contributed by atoms with Crippen molar-refractivity contribution in [3.63, 3.8) is 0 Å². The highest BCUT2D eigenvalue weighted by molar-refractivity contribution is 7.97. The number of hydrogen-bond acceptors (Lipinski definition) is 6. The Labute approximate surface area is 164 Å². The van der Waals surface area contributed by atoms with E-state index >= 15 is 0 Å². The van der Waals surface area contributed by atoms with Crippen LogP contribution in [0, 0.1) is 0 Å². The number of rotatable bonds is 7. The Hall–Kier alpha value is -1.08. The number of anilines is 1. The Morgan fingerprint density at radius 2 is 2.08 bits per heavy atom. The fraction of sp³-hybridized carbons (Fsp3) is 0.550. The molecule has 6 heteroatoms. The molecule has 1 aromatic carbocycles. The van der Waals surface area contributed by atoms with Gasteiger partial charge in [-0.25, -0.2) is 4.98 Å². The molecule has 0 radical (unpaired) electrons. The molecule has 2 aliphatic rings. The van der Waals surface area contributed by atoms with E-state index in [1.54, 1.807) is 11.9 Å². The molecule has 0 unspecified atom stereocenters. The number of benzene rings is 1. The first-order valence-electron chi connectivity index (χ1n) is 9.80. The second-order valence-corrected chi connectivity index (χ2v) is 9.20. The lowest BCUT2D eigenvalue weighted by molar-refractivity contribution is 0.442. The van der Waals surface area contributed by atoms with Crippen molar-refractivity contribution < 1.29 is 0 Å². The van der Waals surface area contributed by atoms with E-state index in [9.17, 15) is 0 Å². The van der Waals surface area contributed by atoms with E-state index in [2.05, 4.69) is 46.7 Å². The molecule has 1 aromatic heterocycles. The number of nitrogens with zero attached hydrogens (tertiary/aromatic N) is 1. The van der Waals surface area contributed by atoms with Gasteiger partial charge in [-0.1, -0.05) is 32.3 Å². The van der Waals surface area contributed by atoms with E-state index in [0.717, 1.165) is 19.6 Å². The van der Waals surface area contributed by atoms with Crippen molar-refractivity contribution in [3.8, 4) is 10.4 Å². The molecule has 2 aromatic rings. The van der Waals surface area contributed by atoms with Crippen LogP contribution in [0.1, 0.15) is 50.0 Å². The molecule has 140 valence electrons. The van der Waals surface area contributed by atoms with Crippen LogP contribution in [-0.4, -0.2) is 30.7 Å². The van der Waals surface area contributed by atoms with Crippen molar-refractivity contribution in [1.82, 2.24) is 15.0 Å². The zero-order valence-electron chi connectivity index (χ0n) is 15.4. The Morgan fingerprint density at radius 1 is 1.23 bits per heavy atom. The van der Waals surface area contributed by atoms with Gasteiger partial charge in [0.25, 0.3) is 0 Å². The second-order valence-electron chi connectivity index (χ2n) is 7.21. The van der Waals surface area contributed by atoms with Crippen LogP contribution in [-0.2, 0) is 0 Å². The summed E-state index contributed by atoms with van der Waals surface area (Å²) < 4.78 is 3.41. The second kappa shape index (κ2) is 8.74. The zero-order valence-corrected chi connectivity index (χ0v) is 17.0. The SMILES string of the molecule is CCNSc1cc(NC2CNC2)ccc1-c1cnc(C2CCCCC2)s1. The van der Waals surface area contributed by atoms with Crippen LogP contribution in [0.3, 0.4) is 0 Å². The van der Waals surface area contributed by atoms with E-state index in [0.29, 0.717) is 12.0 Å². The third kappa shape index (κ3) is 4.25. The number of nitrogens with one attached hydrogen (secondary N) is 3. The van der Waals surface area contributed by atoms with Gasteiger partial charge in [-0.15, -0.1) is 11.3 Å². The molecule has 4 rings (SSSR count). The largest absolute Gasteiger partial charge is 0.380 e. The number of hydrogen-bond donors (Lipinski definition) is 3. The van der Waals surface area contributed by atoms with Gasteiger partial charge in [0.1, 0.15) is 0 Å². The van der Waals surface area contributed by atoms with Crippen LogP contribution in [0.25, 0.3) is 10.4 Å². The summed E-state index contributed by atoms with van der Waals surface area (Å²) in [7, 11) is 0. The predicted octanol–water partition coefficient (Wildman–Crippen LogP) is 4.86. The van der Waals surface area contributed by atoms with Crippen LogP contribution in [0.4, 0.5) is 5.69 Å². The Morgan fingerprint density at radius 3 is 2.81 bits per heavy atom. The summed E-state index contributed by atoms with van der Waals surface area (Å²) in [5.41, 5.74) is 2.51. The maximum atomic E-state index is 4.80. The van der Waals surface area contributed by atoms with Crippen molar-refractivity contribution in [3.05, 3.63) is 29.4 Å². The summed E-state index contributed by atoms with van der Waals surface area (Å²) in [6, 6.07) is 7.30. The monoisotopic (exact) mass is 388 g/mol. The normalized spacial score (nSPS) is 18.7. The molecule has 1 aliphatic heterocycles. The van der Waals surface area contributed by atoms with Crippen LogP contribution < -0.4 is 15.4 Å². The first-order chi connectivity index (χ1) is 12.8. The lowest BCUT2D eigenvalue weighted by Gasteiger charge is -2.29. The van der Waals surface area contributed by atoms with E-state index in [1.165, 1.54) is 58.1 Å². The minimum absolute atomic E-state index is 0.555. The maximum absolute atomic E-state index is 4.80. The van der Waals surface area contributed by atoms with Crippen molar-refractivity contribution in [1.29, 1.82) is 0 Å². The van der Waals surface area contributed by atoms with Crippen molar-refractivity contribution in [2.75, 3.05) is 25.0 Å². The third-order valence-corrected chi connectivity index (χ3v) is 7.39. The molecular formula is C20H28N4S2. The van der Waals surface area contributed by atoms with Crippen LogP contribution in [0.2, 0.25) is 0 Å². The van der Waals surface area contributed by atoms with Crippen LogP contribution in [0.5, 0.6) is 0 Å². The Kier molecular flexibility index (Phi) is 6.15. The summed E-state index contributed by atoms with van der Waals surface area (Å²) in [6.07, 6.45) is 8.82. The molecule has 4 nitrogen and oxygen atoms in total. The summed E-state index contributed by atoms with van der Waals surface area (Å²) >= 11 is 3.62. The quantitative estimate of drug-likeness (QED) is 0.592. The molecule has 26 heavy (non-hydrogen) atoms. The van der Waals surface area contributed by atoms with Gasteiger partial charge in [0.05, 0.1) is 15.9 Å². The van der Waals surface area contributed by atoms with Crippen molar-refractivity contribution >= 4 is 29.0 Å². The number of thiazole rings is 1. The summed E-state index contributed by atoms with van der Waals surface area (Å²) in [5.74, 6) is 0.680. The third-order valence-electron chi connectivity index (χ3n) is 5.20. The predicted molar refractivity (Wildman–Crippen MR) is 113 cm³/mol. The van der Waals surface area contributed by atoms with E-state index < -0.39 is 0 Å². The average molecular weight is 389 g/mol. The van der Waals surface area contributed by atoms with Gasteiger partial charge in [0.15, 0.2) is 0 Å². The van der Waals surface area contributed by atoms with Crippen LogP contribution >= 0.6 is 23.3 Å². The minimum atomic E-state index is 0.555. The summed E-state index contributed by atoms with van der Waals surface area (Å²) in [6.45, 7) is 5.20. The zero-order chi connectivity index (χ0) is 17.8. The smallest absolute Gasteiger partial charge is 0.0962 e. The maximum Gasteiger partial charge on any atom is 0.0962 e. The molecule has 2 fully saturated rings. The van der Waals surface area contributed by atoms with Gasteiger partial charge >= 0.3 is 0 Å². The lowest BCUT2D eigenvalue weighted by Crippen LogP contribution is -2.51. The molecule has 0 bridgehead atoms. The van der Waals surface area contributed by atoms with Crippen molar-refractivity contribution in [2.45, 2.75) is 55.9 Å². The summed E-state index contributed by atoms with van der Waals surface area (Å²) in [4.78, 5) is 7.37. The molecular weight excluding hydrogens is 360 g/mol. The Bertz CT molecular complexity index is 720. The molecule has 0 atom stereocenters. The van der Waals surface area contributed by atoms with Crippen molar-refractivity contribution in [2.24, 2.45) is 0 Å². The molecule has 0 amide bonds. The first kappa shape index (κ1) is 18.3. The molecule has 1 saturated carbocycles. The first-order valence-corrected chi connectivity index (χ1v) is 11.4. The van der Waals surface area contributed by atoms with Gasteiger partial charge < -0.3 is 10.6 Å². The van der Waals surface area contributed by atoms with Gasteiger partial charge in [-0.3, -0.25) is 4.72 Å². The molecule has 0 spiro atoms. The highest BCUT2D eigenvalue weighted by Gasteiger charge is 2.20. The highest BCUT2D eigenvalue weighted by Crippen LogP contribution is 2.40.